The summed E-state index contributed by atoms with van der Waals surface area (Å²) < 4.78 is 1.22. The molecular formula is C39H30N2S. The van der Waals surface area contributed by atoms with Crippen LogP contribution in [0.5, 0.6) is 0 Å². The summed E-state index contributed by atoms with van der Waals surface area (Å²) in [6, 6.07) is 52.2. The van der Waals surface area contributed by atoms with Crippen LogP contribution in [0.4, 0.5) is 17.1 Å². The van der Waals surface area contributed by atoms with Crippen molar-refractivity contribution in [1.29, 1.82) is 0 Å². The minimum absolute atomic E-state index is 1.06. The van der Waals surface area contributed by atoms with E-state index in [0.29, 0.717) is 0 Å². The van der Waals surface area contributed by atoms with Crippen molar-refractivity contribution in [2.75, 3.05) is 4.90 Å². The van der Waals surface area contributed by atoms with Crippen molar-refractivity contribution in [2.45, 2.75) is 13.8 Å². The summed E-state index contributed by atoms with van der Waals surface area (Å²) in [6.07, 6.45) is 0. The Morgan fingerprint density at radius 2 is 0.810 bits per heavy atom. The first-order chi connectivity index (χ1) is 20.6. The van der Waals surface area contributed by atoms with E-state index in [9.17, 15) is 0 Å². The van der Waals surface area contributed by atoms with Gasteiger partial charge in [0.1, 0.15) is 5.01 Å². The van der Waals surface area contributed by atoms with Crippen molar-refractivity contribution in [1.82, 2.24) is 4.98 Å². The fourth-order valence-corrected chi connectivity index (χ4v) is 6.26. The zero-order chi connectivity index (χ0) is 28.5. The SMILES string of the molecule is Cc1ccc(N(c2ccc(C)cc2)c2ccc(-c3ccc(-c4ccc(-c5nc6ccccc6s5)cc4)cc3)cc2)cc1. The molecule has 0 amide bonds. The van der Waals surface area contributed by atoms with Crippen molar-refractivity contribution in [3.8, 4) is 32.8 Å². The molecule has 0 saturated carbocycles. The third kappa shape index (κ3) is 5.23. The Kier molecular flexibility index (Phi) is 6.87. The second kappa shape index (κ2) is 11.1. The molecule has 202 valence electrons. The van der Waals surface area contributed by atoms with E-state index in [1.165, 1.54) is 38.1 Å². The average molecular weight is 559 g/mol. The molecule has 0 spiro atoms. The minimum Gasteiger partial charge on any atom is -0.311 e. The van der Waals surface area contributed by atoms with E-state index in [2.05, 4.69) is 158 Å². The van der Waals surface area contributed by atoms with Crippen LogP contribution in [0.3, 0.4) is 0 Å². The highest BCUT2D eigenvalue weighted by molar-refractivity contribution is 7.21. The van der Waals surface area contributed by atoms with Gasteiger partial charge in [-0.3, -0.25) is 0 Å². The van der Waals surface area contributed by atoms with Gasteiger partial charge in [-0.15, -0.1) is 11.3 Å². The largest absolute Gasteiger partial charge is 0.311 e. The number of hydrogen-bond donors (Lipinski definition) is 0. The molecule has 0 aliphatic carbocycles. The normalized spacial score (nSPS) is 11.1. The number of hydrogen-bond acceptors (Lipinski definition) is 3. The molecule has 3 heteroatoms. The monoisotopic (exact) mass is 558 g/mol. The first-order valence-corrected chi connectivity index (χ1v) is 15.0. The van der Waals surface area contributed by atoms with Gasteiger partial charge in [0.05, 0.1) is 10.2 Å². The highest BCUT2D eigenvalue weighted by Crippen LogP contribution is 2.36. The van der Waals surface area contributed by atoms with Crippen molar-refractivity contribution >= 4 is 38.6 Å². The van der Waals surface area contributed by atoms with E-state index in [1.807, 2.05) is 6.07 Å². The maximum atomic E-state index is 4.80. The second-order valence-electron chi connectivity index (χ2n) is 10.7. The molecule has 0 saturated heterocycles. The number of rotatable bonds is 6. The number of para-hydroxylation sites is 1. The van der Waals surface area contributed by atoms with Gasteiger partial charge >= 0.3 is 0 Å². The smallest absolute Gasteiger partial charge is 0.124 e. The Bertz CT molecular complexity index is 1870. The van der Waals surface area contributed by atoms with Crippen LogP contribution in [-0.4, -0.2) is 4.98 Å². The van der Waals surface area contributed by atoms with E-state index in [0.717, 1.165) is 33.1 Å². The quantitative estimate of drug-likeness (QED) is 0.202. The van der Waals surface area contributed by atoms with Gasteiger partial charge in [-0.1, -0.05) is 108 Å². The van der Waals surface area contributed by atoms with Crippen LogP contribution in [-0.2, 0) is 0 Å². The Morgan fingerprint density at radius 1 is 0.429 bits per heavy atom. The molecule has 2 nitrogen and oxygen atoms in total. The van der Waals surface area contributed by atoms with E-state index in [-0.39, 0.29) is 0 Å². The first-order valence-electron chi connectivity index (χ1n) is 14.2. The highest BCUT2D eigenvalue weighted by Gasteiger charge is 2.13. The standard InChI is InChI=1S/C39H30N2S/c1-27-7-21-34(22-8-27)41(35-23-9-28(2)10-24-35)36-25-19-32(20-26-36)30-13-11-29(12-14-30)31-15-17-33(18-16-31)39-40-37-5-3-4-6-38(37)42-39/h3-26H,1-2H3. The zero-order valence-corrected chi connectivity index (χ0v) is 24.5. The molecule has 0 aliphatic rings. The van der Waals surface area contributed by atoms with E-state index >= 15 is 0 Å². The predicted molar refractivity (Wildman–Crippen MR) is 180 cm³/mol. The Morgan fingerprint density at radius 3 is 1.26 bits per heavy atom. The van der Waals surface area contributed by atoms with Gasteiger partial charge in [0.2, 0.25) is 0 Å². The summed E-state index contributed by atoms with van der Waals surface area (Å²) in [6.45, 7) is 4.25. The minimum atomic E-state index is 1.06. The van der Waals surface area contributed by atoms with Crippen molar-refractivity contribution < 1.29 is 0 Å². The molecule has 0 unspecified atom stereocenters. The van der Waals surface area contributed by atoms with Gasteiger partial charge in [-0.25, -0.2) is 4.98 Å². The van der Waals surface area contributed by atoms with E-state index in [1.54, 1.807) is 11.3 Å². The van der Waals surface area contributed by atoms with Gasteiger partial charge in [-0.05, 0) is 84.6 Å². The van der Waals surface area contributed by atoms with Crippen LogP contribution in [0.25, 0.3) is 43.0 Å². The summed E-state index contributed by atoms with van der Waals surface area (Å²) in [5, 5.41) is 1.06. The van der Waals surface area contributed by atoms with Crippen LogP contribution >= 0.6 is 11.3 Å². The molecule has 0 bridgehead atoms. The van der Waals surface area contributed by atoms with Crippen LogP contribution in [0.1, 0.15) is 11.1 Å². The molecule has 0 N–H and O–H groups in total. The lowest BCUT2D eigenvalue weighted by Crippen LogP contribution is -2.09. The number of anilines is 3. The number of benzene rings is 6. The van der Waals surface area contributed by atoms with Crippen LogP contribution in [0, 0.1) is 13.8 Å². The Hall–Kier alpha value is -4.99. The number of nitrogens with zero attached hydrogens (tertiary/aromatic N) is 2. The lowest BCUT2D eigenvalue weighted by atomic mass is 9.99. The van der Waals surface area contributed by atoms with Crippen molar-refractivity contribution in [3.05, 3.63) is 157 Å². The molecule has 7 rings (SSSR count). The third-order valence-corrected chi connectivity index (χ3v) is 8.77. The van der Waals surface area contributed by atoms with Crippen LogP contribution < -0.4 is 4.90 Å². The molecule has 0 atom stereocenters. The Labute approximate surface area is 251 Å². The molecule has 7 aromatic rings. The van der Waals surface area contributed by atoms with Crippen LogP contribution in [0.2, 0.25) is 0 Å². The summed E-state index contributed by atoms with van der Waals surface area (Å²) in [7, 11) is 0. The van der Waals surface area contributed by atoms with Crippen LogP contribution in [0.15, 0.2) is 146 Å². The molecule has 0 fully saturated rings. The maximum absolute atomic E-state index is 4.80. The topological polar surface area (TPSA) is 16.1 Å². The number of thiazole rings is 1. The van der Waals surface area contributed by atoms with E-state index in [4.69, 9.17) is 4.98 Å². The summed E-state index contributed by atoms with van der Waals surface area (Å²) in [5.74, 6) is 0. The number of aryl methyl sites for hydroxylation is 2. The van der Waals surface area contributed by atoms with Gasteiger partial charge < -0.3 is 4.90 Å². The lowest BCUT2D eigenvalue weighted by molar-refractivity contribution is 1.27. The molecular weight excluding hydrogens is 529 g/mol. The van der Waals surface area contributed by atoms with Gasteiger partial charge in [0.25, 0.3) is 0 Å². The summed E-state index contributed by atoms with van der Waals surface area (Å²) >= 11 is 1.74. The molecule has 0 aliphatic heterocycles. The average Bonchev–Trinajstić information content (AvgIpc) is 3.48. The molecule has 1 aromatic heterocycles. The molecule has 42 heavy (non-hydrogen) atoms. The number of fused-ring (bicyclic) bond motifs is 1. The van der Waals surface area contributed by atoms with Gasteiger partial charge in [0.15, 0.2) is 0 Å². The predicted octanol–water partition coefficient (Wildman–Crippen LogP) is 11.4. The zero-order valence-electron chi connectivity index (χ0n) is 23.7. The fourth-order valence-electron chi connectivity index (χ4n) is 5.29. The lowest BCUT2D eigenvalue weighted by Gasteiger charge is -2.26. The van der Waals surface area contributed by atoms with Gasteiger partial charge in [-0.2, -0.15) is 0 Å². The summed E-state index contributed by atoms with van der Waals surface area (Å²) in [4.78, 5) is 7.11. The number of aromatic nitrogens is 1. The maximum Gasteiger partial charge on any atom is 0.124 e. The Balaban J connectivity index is 1.12. The van der Waals surface area contributed by atoms with Crippen molar-refractivity contribution in [2.24, 2.45) is 0 Å². The molecule has 1 heterocycles. The summed E-state index contributed by atoms with van der Waals surface area (Å²) in [5.41, 5.74) is 13.0. The van der Waals surface area contributed by atoms with Gasteiger partial charge in [0, 0.05) is 22.6 Å². The fraction of sp³-hybridized carbons (Fsp3) is 0.0513. The second-order valence-corrected chi connectivity index (χ2v) is 11.7. The van der Waals surface area contributed by atoms with E-state index < -0.39 is 0 Å². The first kappa shape index (κ1) is 25.9. The highest BCUT2D eigenvalue weighted by atomic mass is 32.1. The molecule has 6 aromatic carbocycles. The molecule has 0 radical (unpaired) electrons. The third-order valence-electron chi connectivity index (χ3n) is 7.69. The van der Waals surface area contributed by atoms with Crippen molar-refractivity contribution in [3.63, 3.8) is 0 Å².